The molecule has 3 atom stereocenters. The van der Waals surface area contributed by atoms with Crippen LogP contribution in [0.3, 0.4) is 0 Å². The Bertz CT molecular complexity index is 572. The first-order chi connectivity index (χ1) is 13.8. The number of rotatable bonds is 13. The molecule has 0 spiro atoms. The Balaban J connectivity index is 3.00. The highest BCUT2D eigenvalue weighted by atomic mass is 32.2. The van der Waals surface area contributed by atoms with E-state index in [2.05, 4.69) is 0 Å². The largest absolute Gasteiger partial charge is 0.481 e. The Labute approximate surface area is 175 Å². The van der Waals surface area contributed by atoms with Gasteiger partial charge >= 0.3 is 25.5 Å². The Morgan fingerprint density at radius 2 is 1.59 bits per heavy atom. The second kappa shape index (κ2) is 13.3. The smallest absolute Gasteiger partial charge is 0.340 e. The molecule has 0 bridgehead atoms. The van der Waals surface area contributed by atoms with Crippen molar-refractivity contribution in [3.05, 3.63) is 0 Å². The number of carboxylic acids is 1. The van der Waals surface area contributed by atoms with Crippen molar-refractivity contribution in [2.24, 2.45) is 5.92 Å². The molecule has 168 valence electrons. The third-order valence-corrected chi connectivity index (χ3v) is 8.65. The molecule has 11 heteroatoms. The lowest BCUT2D eigenvalue weighted by molar-refractivity contribution is -0.152. The Hall–Kier alpha value is -1.09. The fourth-order valence-electron chi connectivity index (χ4n) is 2.81. The summed E-state index contributed by atoms with van der Waals surface area (Å²) in [7, 11) is -3.94. The SMILES string of the molecule is CCCC[C@H]1SC[C@@H](C(=O)O)C[C@H]1P(=O)(OCOC(=O)CC)OCOC(=O)CC. The second-order valence-electron chi connectivity index (χ2n) is 6.63. The van der Waals surface area contributed by atoms with E-state index >= 15 is 0 Å². The molecule has 1 fully saturated rings. The lowest BCUT2D eigenvalue weighted by atomic mass is 10.0. The highest BCUT2D eigenvalue weighted by Gasteiger charge is 2.47. The van der Waals surface area contributed by atoms with Crippen molar-refractivity contribution in [1.29, 1.82) is 0 Å². The molecule has 0 aromatic rings. The maximum absolute atomic E-state index is 13.6. The van der Waals surface area contributed by atoms with Crippen LogP contribution < -0.4 is 0 Å². The Morgan fingerprint density at radius 1 is 1.03 bits per heavy atom. The number of ether oxygens (including phenoxy) is 2. The van der Waals surface area contributed by atoms with Gasteiger partial charge in [-0.05, 0) is 12.8 Å². The fourth-order valence-corrected chi connectivity index (χ4v) is 6.87. The summed E-state index contributed by atoms with van der Waals surface area (Å²) < 4.78 is 34.1. The van der Waals surface area contributed by atoms with Gasteiger partial charge in [-0.1, -0.05) is 33.6 Å². The third-order valence-electron chi connectivity index (χ3n) is 4.55. The van der Waals surface area contributed by atoms with Gasteiger partial charge in [0.05, 0.1) is 11.6 Å². The van der Waals surface area contributed by atoms with Crippen molar-refractivity contribution in [2.45, 2.75) is 70.2 Å². The van der Waals surface area contributed by atoms with Gasteiger partial charge in [0, 0.05) is 23.8 Å². The summed E-state index contributed by atoms with van der Waals surface area (Å²) in [6.07, 6.45) is 2.89. The molecule has 0 aliphatic carbocycles. The minimum Gasteiger partial charge on any atom is -0.481 e. The van der Waals surface area contributed by atoms with Crippen molar-refractivity contribution in [1.82, 2.24) is 0 Å². The number of carbonyl (C=O) groups is 3. The standard InChI is InChI=1S/C18H31O9PS/c1-4-7-8-15-14(9-13(10-29-15)18(21)22)28(23,26-11-24-16(19)5-2)27-12-25-17(20)6-3/h13-15H,4-12H2,1-3H3,(H,21,22)/t13-,14+,15+/m0/s1. The van der Waals surface area contributed by atoms with Gasteiger partial charge in [0.15, 0.2) is 0 Å². The van der Waals surface area contributed by atoms with Gasteiger partial charge in [-0.3, -0.25) is 28.0 Å². The van der Waals surface area contributed by atoms with Gasteiger partial charge < -0.3 is 14.6 Å². The summed E-state index contributed by atoms with van der Waals surface area (Å²) in [5, 5.41) is 9.28. The Kier molecular flexibility index (Phi) is 11.9. The highest BCUT2D eigenvalue weighted by Crippen LogP contribution is 2.60. The lowest BCUT2D eigenvalue weighted by Gasteiger charge is -2.37. The molecule has 1 aliphatic rings. The molecule has 1 heterocycles. The first-order valence-electron chi connectivity index (χ1n) is 9.81. The van der Waals surface area contributed by atoms with Crippen molar-refractivity contribution in [2.75, 3.05) is 19.3 Å². The average molecular weight is 454 g/mol. The quantitative estimate of drug-likeness (QED) is 0.249. The zero-order valence-electron chi connectivity index (χ0n) is 17.2. The summed E-state index contributed by atoms with van der Waals surface area (Å²) in [6, 6.07) is 0. The number of carboxylic acid groups (broad SMARTS) is 1. The molecule has 0 unspecified atom stereocenters. The number of carbonyl (C=O) groups excluding carboxylic acids is 2. The fraction of sp³-hybridized carbons (Fsp3) is 0.833. The van der Waals surface area contributed by atoms with Crippen LogP contribution in [0.2, 0.25) is 0 Å². The van der Waals surface area contributed by atoms with E-state index in [0.29, 0.717) is 5.75 Å². The summed E-state index contributed by atoms with van der Waals surface area (Å²) >= 11 is 1.43. The van der Waals surface area contributed by atoms with Gasteiger partial charge in [0.2, 0.25) is 13.6 Å². The predicted octanol–water partition coefficient (Wildman–Crippen LogP) is 3.80. The topological polar surface area (TPSA) is 125 Å². The number of aliphatic carboxylic acids is 1. The van der Waals surface area contributed by atoms with Crippen molar-refractivity contribution in [3.63, 3.8) is 0 Å². The van der Waals surface area contributed by atoms with Crippen LogP contribution in [-0.4, -0.2) is 53.3 Å². The van der Waals surface area contributed by atoms with Crippen LogP contribution in [0.1, 0.15) is 59.3 Å². The molecule has 29 heavy (non-hydrogen) atoms. The van der Waals surface area contributed by atoms with E-state index in [-0.39, 0.29) is 24.5 Å². The van der Waals surface area contributed by atoms with Crippen LogP contribution in [0.5, 0.6) is 0 Å². The zero-order valence-corrected chi connectivity index (χ0v) is 18.9. The van der Waals surface area contributed by atoms with E-state index in [0.717, 1.165) is 19.3 Å². The number of esters is 2. The van der Waals surface area contributed by atoms with E-state index in [1.54, 1.807) is 13.8 Å². The molecule has 0 radical (unpaired) electrons. The van der Waals surface area contributed by atoms with Gasteiger partial charge in [0.1, 0.15) is 0 Å². The summed E-state index contributed by atoms with van der Waals surface area (Å²) in [6.45, 7) is 4.09. The average Bonchev–Trinajstić information content (AvgIpc) is 2.71. The summed E-state index contributed by atoms with van der Waals surface area (Å²) in [5.41, 5.74) is -0.713. The minimum atomic E-state index is -3.94. The maximum atomic E-state index is 13.6. The van der Waals surface area contributed by atoms with E-state index < -0.39 is 50.7 Å². The van der Waals surface area contributed by atoms with E-state index in [1.807, 2.05) is 6.92 Å². The molecular weight excluding hydrogens is 423 g/mol. The van der Waals surface area contributed by atoms with Crippen LogP contribution in [0.15, 0.2) is 0 Å². The van der Waals surface area contributed by atoms with E-state index in [9.17, 15) is 24.1 Å². The van der Waals surface area contributed by atoms with Crippen molar-refractivity contribution < 1.29 is 42.6 Å². The molecule has 0 aromatic carbocycles. The molecular formula is C18H31O9PS. The maximum Gasteiger partial charge on any atom is 0.340 e. The van der Waals surface area contributed by atoms with E-state index in [1.165, 1.54) is 11.8 Å². The molecule has 0 saturated carbocycles. The molecule has 0 amide bonds. The number of hydrogen-bond donors (Lipinski definition) is 1. The van der Waals surface area contributed by atoms with Crippen molar-refractivity contribution >= 4 is 37.3 Å². The van der Waals surface area contributed by atoms with Crippen LogP contribution in [0.4, 0.5) is 0 Å². The van der Waals surface area contributed by atoms with E-state index in [4.69, 9.17) is 18.5 Å². The highest BCUT2D eigenvalue weighted by molar-refractivity contribution is 8.00. The first kappa shape index (κ1) is 25.9. The normalized spacial score (nSPS) is 22.1. The molecule has 0 aromatic heterocycles. The predicted molar refractivity (Wildman–Crippen MR) is 108 cm³/mol. The second-order valence-corrected chi connectivity index (χ2v) is 10.2. The zero-order chi connectivity index (χ0) is 21.9. The van der Waals surface area contributed by atoms with Gasteiger partial charge in [-0.2, -0.15) is 11.8 Å². The molecule has 9 nitrogen and oxygen atoms in total. The lowest BCUT2D eigenvalue weighted by Crippen LogP contribution is -2.37. The molecule has 1 rings (SSSR count). The van der Waals surface area contributed by atoms with Gasteiger partial charge in [0.25, 0.3) is 0 Å². The number of thioether (sulfide) groups is 1. The monoisotopic (exact) mass is 454 g/mol. The minimum absolute atomic E-state index is 0.109. The number of hydrogen-bond acceptors (Lipinski definition) is 9. The summed E-state index contributed by atoms with van der Waals surface area (Å²) in [4.78, 5) is 34.3. The molecule has 1 aliphatic heterocycles. The van der Waals surface area contributed by atoms with Gasteiger partial charge in [-0.15, -0.1) is 0 Å². The van der Waals surface area contributed by atoms with Crippen molar-refractivity contribution in [3.8, 4) is 0 Å². The first-order valence-corrected chi connectivity index (χ1v) is 12.5. The number of unbranched alkanes of at least 4 members (excludes halogenated alkanes) is 1. The van der Waals surface area contributed by atoms with Gasteiger partial charge in [-0.25, -0.2) is 0 Å². The van der Waals surface area contributed by atoms with Crippen LogP contribution in [0.25, 0.3) is 0 Å². The Morgan fingerprint density at radius 3 is 2.03 bits per heavy atom. The summed E-state index contributed by atoms with van der Waals surface area (Å²) in [5.74, 6) is -2.32. The molecule has 1 N–H and O–H groups in total. The van der Waals surface area contributed by atoms with Crippen LogP contribution in [0, 0.1) is 5.92 Å². The molecule has 1 saturated heterocycles. The third kappa shape index (κ3) is 8.66. The van der Waals surface area contributed by atoms with Crippen LogP contribution >= 0.6 is 19.4 Å². The van der Waals surface area contributed by atoms with Crippen LogP contribution in [-0.2, 0) is 37.5 Å².